The molecule has 2 rings (SSSR count). The van der Waals surface area contributed by atoms with E-state index >= 15 is 0 Å². The summed E-state index contributed by atoms with van der Waals surface area (Å²) in [7, 11) is 1.65. The molecular formula is C19H20O2. The van der Waals surface area contributed by atoms with Crippen molar-refractivity contribution in [3.63, 3.8) is 0 Å². The Labute approximate surface area is 126 Å². The fourth-order valence-electron chi connectivity index (χ4n) is 1.81. The second-order valence-corrected chi connectivity index (χ2v) is 4.89. The zero-order valence-electron chi connectivity index (χ0n) is 12.7. The molecule has 0 unspecified atom stereocenters. The normalized spacial score (nSPS) is 10.4. The molecule has 0 heterocycles. The van der Waals surface area contributed by atoms with Crippen molar-refractivity contribution in [2.75, 3.05) is 7.11 Å². The van der Waals surface area contributed by atoms with E-state index in [9.17, 15) is 0 Å². The van der Waals surface area contributed by atoms with Crippen LogP contribution < -0.4 is 9.47 Å². The second-order valence-electron chi connectivity index (χ2n) is 4.89. The first-order valence-electron chi connectivity index (χ1n) is 6.91. The van der Waals surface area contributed by atoms with E-state index in [0.717, 1.165) is 28.4 Å². The molecule has 0 aliphatic heterocycles. The van der Waals surface area contributed by atoms with Crippen molar-refractivity contribution in [1.29, 1.82) is 0 Å². The van der Waals surface area contributed by atoms with Gasteiger partial charge in [-0.2, -0.15) is 0 Å². The van der Waals surface area contributed by atoms with Crippen LogP contribution in [0.15, 0.2) is 72.0 Å². The summed E-state index contributed by atoms with van der Waals surface area (Å²) in [5, 5.41) is 0. The molecule has 0 aromatic heterocycles. The molecule has 0 fully saturated rings. The number of benzene rings is 2. The summed E-state index contributed by atoms with van der Waals surface area (Å²) in [6, 6.07) is 17.7. The van der Waals surface area contributed by atoms with Crippen LogP contribution in [0.1, 0.15) is 19.4 Å². The SMILES string of the molecule is COc1ccc(OC(/C=C/c2ccccc2)=C(C)C)cc1. The lowest BCUT2D eigenvalue weighted by atomic mass is 10.2. The molecule has 0 aliphatic carbocycles. The average molecular weight is 280 g/mol. The van der Waals surface area contributed by atoms with Crippen LogP contribution in [0.25, 0.3) is 6.08 Å². The van der Waals surface area contributed by atoms with Gasteiger partial charge in [-0.3, -0.25) is 0 Å². The summed E-state index contributed by atoms with van der Waals surface area (Å²) < 4.78 is 11.1. The molecule has 0 aliphatic rings. The maximum atomic E-state index is 5.93. The molecule has 0 saturated carbocycles. The van der Waals surface area contributed by atoms with E-state index in [1.54, 1.807) is 7.11 Å². The second kappa shape index (κ2) is 7.34. The molecule has 0 spiro atoms. The van der Waals surface area contributed by atoms with Gasteiger partial charge < -0.3 is 9.47 Å². The first-order chi connectivity index (χ1) is 10.2. The van der Waals surface area contributed by atoms with Crippen LogP contribution in [0, 0.1) is 0 Å². The molecule has 2 heteroatoms. The van der Waals surface area contributed by atoms with Gasteiger partial charge in [-0.1, -0.05) is 36.4 Å². The highest BCUT2D eigenvalue weighted by Crippen LogP contribution is 2.21. The van der Waals surface area contributed by atoms with Gasteiger partial charge in [0.2, 0.25) is 0 Å². The van der Waals surface area contributed by atoms with Crippen LogP contribution in [0.4, 0.5) is 0 Å². The van der Waals surface area contributed by atoms with Crippen molar-refractivity contribution in [3.05, 3.63) is 77.6 Å². The minimum absolute atomic E-state index is 0.796. The van der Waals surface area contributed by atoms with Crippen LogP contribution in [0.3, 0.4) is 0 Å². The van der Waals surface area contributed by atoms with Crippen molar-refractivity contribution in [2.24, 2.45) is 0 Å². The minimum atomic E-state index is 0.796. The first kappa shape index (κ1) is 14.9. The van der Waals surface area contributed by atoms with Crippen LogP contribution in [-0.4, -0.2) is 7.11 Å². The number of rotatable bonds is 5. The average Bonchev–Trinajstić information content (AvgIpc) is 2.52. The number of methoxy groups -OCH3 is 1. The van der Waals surface area contributed by atoms with E-state index in [1.807, 2.05) is 68.5 Å². The Kier molecular flexibility index (Phi) is 5.22. The Hall–Kier alpha value is -2.48. The summed E-state index contributed by atoms with van der Waals surface area (Å²) in [5.41, 5.74) is 2.27. The Morgan fingerprint density at radius 1 is 0.857 bits per heavy atom. The highest BCUT2D eigenvalue weighted by Gasteiger charge is 2.00. The molecule has 0 atom stereocenters. The van der Waals surface area contributed by atoms with Gasteiger partial charge in [0.1, 0.15) is 17.3 Å². The smallest absolute Gasteiger partial charge is 0.127 e. The fourth-order valence-corrected chi connectivity index (χ4v) is 1.81. The van der Waals surface area contributed by atoms with E-state index < -0.39 is 0 Å². The molecule has 21 heavy (non-hydrogen) atoms. The van der Waals surface area contributed by atoms with Crippen molar-refractivity contribution < 1.29 is 9.47 Å². The Bertz CT molecular complexity index is 618. The predicted octanol–water partition coefficient (Wildman–Crippen LogP) is 5.08. The van der Waals surface area contributed by atoms with Gasteiger partial charge in [-0.05, 0) is 55.3 Å². The maximum absolute atomic E-state index is 5.93. The number of allylic oxidation sites excluding steroid dienone is 2. The zero-order valence-corrected chi connectivity index (χ0v) is 12.7. The summed E-state index contributed by atoms with van der Waals surface area (Å²) in [5.74, 6) is 2.47. The monoisotopic (exact) mass is 280 g/mol. The van der Waals surface area contributed by atoms with Gasteiger partial charge in [-0.15, -0.1) is 0 Å². The van der Waals surface area contributed by atoms with Gasteiger partial charge in [0.05, 0.1) is 7.11 Å². The third-order valence-electron chi connectivity index (χ3n) is 3.01. The Morgan fingerprint density at radius 2 is 1.48 bits per heavy atom. The third kappa shape index (κ3) is 4.53. The number of hydrogen-bond donors (Lipinski definition) is 0. The summed E-state index contributed by atoms with van der Waals surface area (Å²) in [4.78, 5) is 0. The molecular weight excluding hydrogens is 260 g/mol. The van der Waals surface area contributed by atoms with Gasteiger partial charge in [0.15, 0.2) is 0 Å². The summed E-state index contributed by atoms with van der Waals surface area (Å²) in [6.45, 7) is 4.07. The number of ether oxygens (including phenoxy) is 2. The number of hydrogen-bond acceptors (Lipinski definition) is 2. The van der Waals surface area contributed by atoms with Crippen molar-refractivity contribution >= 4 is 6.08 Å². The van der Waals surface area contributed by atoms with Gasteiger partial charge in [0.25, 0.3) is 0 Å². The topological polar surface area (TPSA) is 18.5 Å². The van der Waals surface area contributed by atoms with Gasteiger partial charge >= 0.3 is 0 Å². The lowest BCUT2D eigenvalue weighted by Crippen LogP contribution is -1.95. The molecule has 0 amide bonds. The van der Waals surface area contributed by atoms with E-state index in [2.05, 4.69) is 12.1 Å². The maximum Gasteiger partial charge on any atom is 0.127 e. The largest absolute Gasteiger partial charge is 0.497 e. The lowest BCUT2D eigenvalue weighted by Gasteiger charge is -2.09. The molecule has 2 nitrogen and oxygen atoms in total. The van der Waals surface area contributed by atoms with Crippen LogP contribution >= 0.6 is 0 Å². The van der Waals surface area contributed by atoms with E-state index in [-0.39, 0.29) is 0 Å². The minimum Gasteiger partial charge on any atom is -0.497 e. The zero-order chi connectivity index (χ0) is 15.1. The molecule has 2 aromatic carbocycles. The molecule has 0 bridgehead atoms. The van der Waals surface area contributed by atoms with Gasteiger partial charge in [0, 0.05) is 0 Å². The Balaban J connectivity index is 2.13. The molecule has 0 N–H and O–H groups in total. The van der Waals surface area contributed by atoms with Crippen molar-refractivity contribution in [1.82, 2.24) is 0 Å². The van der Waals surface area contributed by atoms with Crippen LogP contribution in [0.5, 0.6) is 11.5 Å². The molecule has 108 valence electrons. The quantitative estimate of drug-likeness (QED) is 0.561. The fraction of sp³-hybridized carbons (Fsp3) is 0.158. The van der Waals surface area contributed by atoms with Crippen molar-refractivity contribution in [2.45, 2.75) is 13.8 Å². The standard InChI is InChI=1S/C19H20O2/c1-15(2)19(14-9-16-7-5-4-6-8-16)21-18-12-10-17(20-3)11-13-18/h4-14H,1-3H3/b14-9+. The Morgan fingerprint density at radius 3 is 2.05 bits per heavy atom. The first-order valence-corrected chi connectivity index (χ1v) is 6.91. The van der Waals surface area contributed by atoms with Gasteiger partial charge in [-0.25, -0.2) is 0 Å². The van der Waals surface area contributed by atoms with E-state index in [1.165, 1.54) is 0 Å². The van der Waals surface area contributed by atoms with E-state index in [4.69, 9.17) is 9.47 Å². The molecule has 0 radical (unpaired) electrons. The van der Waals surface area contributed by atoms with Crippen LogP contribution in [0.2, 0.25) is 0 Å². The van der Waals surface area contributed by atoms with E-state index in [0.29, 0.717) is 0 Å². The third-order valence-corrected chi connectivity index (χ3v) is 3.01. The summed E-state index contributed by atoms with van der Waals surface area (Å²) in [6.07, 6.45) is 4.04. The predicted molar refractivity (Wildman–Crippen MR) is 87.5 cm³/mol. The highest BCUT2D eigenvalue weighted by atomic mass is 16.5. The van der Waals surface area contributed by atoms with Crippen molar-refractivity contribution in [3.8, 4) is 11.5 Å². The lowest BCUT2D eigenvalue weighted by molar-refractivity contribution is 0.410. The summed E-state index contributed by atoms with van der Waals surface area (Å²) >= 11 is 0. The highest BCUT2D eigenvalue weighted by molar-refractivity contribution is 5.52. The molecule has 0 saturated heterocycles. The van der Waals surface area contributed by atoms with Crippen LogP contribution in [-0.2, 0) is 0 Å². The molecule has 2 aromatic rings.